The van der Waals surface area contributed by atoms with Crippen LogP contribution in [0.5, 0.6) is 0 Å². The number of alkyl halides is 3. The van der Waals surface area contributed by atoms with Gasteiger partial charge in [-0.3, -0.25) is 4.90 Å². The molecule has 0 aliphatic carbocycles. The Balaban J connectivity index is 1.55. The highest BCUT2D eigenvalue weighted by atomic mass is 19.4. The molecule has 1 N–H and O–H groups in total. The molecule has 1 aliphatic heterocycles. The summed E-state index contributed by atoms with van der Waals surface area (Å²) in [5, 5.41) is 12.0. The minimum atomic E-state index is -4.55. The second kappa shape index (κ2) is 8.48. The van der Waals surface area contributed by atoms with Crippen LogP contribution in [0.15, 0.2) is 42.6 Å². The summed E-state index contributed by atoms with van der Waals surface area (Å²) in [6.45, 7) is 6.11. The van der Waals surface area contributed by atoms with E-state index >= 15 is 0 Å². The molecule has 5 nitrogen and oxygen atoms in total. The maximum Gasteiger partial charge on any atom is 0.417 e. The molecule has 1 saturated heterocycles. The second-order valence-electron chi connectivity index (χ2n) is 6.89. The van der Waals surface area contributed by atoms with E-state index in [9.17, 15) is 13.2 Å². The van der Waals surface area contributed by atoms with Crippen LogP contribution in [0.1, 0.15) is 18.1 Å². The van der Waals surface area contributed by atoms with Gasteiger partial charge in [-0.15, -0.1) is 0 Å². The average Bonchev–Trinajstić information content (AvgIpc) is 2.68. The number of aromatic nitrogens is 1. The van der Waals surface area contributed by atoms with E-state index in [0.29, 0.717) is 5.69 Å². The van der Waals surface area contributed by atoms with Crippen molar-refractivity contribution in [2.24, 2.45) is 0 Å². The molecule has 28 heavy (non-hydrogen) atoms. The largest absolute Gasteiger partial charge is 0.417 e. The van der Waals surface area contributed by atoms with Crippen molar-refractivity contribution in [2.45, 2.75) is 19.1 Å². The van der Waals surface area contributed by atoms with Crippen molar-refractivity contribution < 1.29 is 13.2 Å². The fourth-order valence-electron chi connectivity index (χ4n) is 3.38. The molecule has 0 bridgehead atoms. The summed E-state index contributed by atoms with van der Waals surface area (Å²) in [6.07, 6.45) is -2.77. The zero-order valence-electron chi connectivity index (χ0n) is 15.6. The quantitative estimate of drug-likeness (QED) is 0.847. The Bertz CT molecular complexity index is 824. The molecular formula is C20H22F3N5. The first-order valence-electron chi connectivity index (χ1n) is 9.13. The van der Waals surface area contributed by atoms with Crippen LogP contribution in [0.2, 0.25) is 0 Å². The van der Waals surface area contributed by atoms with Crippen molar-refractivity contribution in [2.75, 3.05) is 42.9 Å². The third kappa shape index (κ3) is 4.93. The van der Waals surface area contributed by atoms with Gasteiger partial charge in [-0.05, 0) is 37.3 Å². The van der Waals surface area contributed by atoms with Crippen LogP contribution >= 0.6 is 0 Å². The molecule has 0 amide bonds. The SMILES string of the molecule is CC(CN1CCN(c2ccccn2)CC1)Nc1ccc(C#N)c(C(F)(F)F)c1. The lowest BCUT2D eigenvalue weighted by atomic mass is 10.1. The third-order valence-electron chi connectivity index (χ3n) is 4.74. The molecule has 1 aromatic heterocycles. The predicted molar refractivity (Wildman–Crippen MR) is 102 cm³/mol. The van der Waals surface area contributed by atoms with Gasteiger partial charge in [-0.1, -0.05) is 6.07 Å². The summed E-state index contributed by atoms with van der Waals surface area (Å²) in [4.78, 5) is 8.88. The van der Waals surface area contributed by atoms with Gasteiger partial charge < -0.3 is 10.2 Å². The van der Waals surface area contributed by atoms with E-state index in [0.717, 1.165) is 44.6 Å². The number of rotatable bonds is 5. The first-order chi connectivity index (χ1) is 13.4. The first kappa shape index (κ1) is 20.0. The van der Waals surface area contributed by atoms with Gasteiger partial charge in [0.1, 0.15) is 5.82 Å². The molecule has 2 heterocycles. The van der Waals surface area contributed by atoms with Crippen LogP contribution in [0.4, 0.5) is 24.7 Å². The van der Waals surface area contributed by atoms with Crippen molar-refractivity contribution in [1.29, 1.82) is 5.26 Å². The molecule has 8 heteroatoms. The van der Waals surface area contributed by atoms with Crippen molar-refractivity contribution >= 4 is 11.5 Å². The zero-order valence-corrected chi connectivity index (χ0v) is 15.6. The number of nitrogens with one attached hydrogen (secondary N) is 1. The maximum absolute atomic E-state index is 13.1. The summed E-state index contributed by atoms with van der Waals surface area (Å²) in [6, 6.07) is 11.1. The number of nitriles is 1. The Morgan fingerprint density at radius 1 is 1.18 bits per heavy atom. The Labute approximate surface area is 162 Å². The number of halogens is 3. The normalized spacial score (nSPS) is 16.5. The first-order valence-corrected chi connectivity index (χ1v) is 9.13. The van der Waals surface area contributed by atoms with Gasteiger partial charge in [-0.2, -0.15) is 18.4 Å². The highest BCUT2D eigenvalue weighted by molar-refractivity contribution is 5.53. The number of nitrogens with zero attached hydrogens (tertiary/aromatic N) is 4. The van der Waals surface area contributed by atoms with E-state index in [1.807, 2.05) is 25.1 Å². The second-order valence-corrected chi connectivity index (χ2v) is 6.89. The molecule has 3 rings (SSSR count). The van der Waals surface area contributed by atoms with E-state index in [-0.39, 0.29) is 11.6 Å². The molecule has 148 valence electrons. The minimum absolute atomic E-state index is 0.0320. The molecule has 0 spiro atoms. The molecule has 1 atom stereocenters. The van der Waals surface area contributed by atoms with Crippen molar-refractivity contribution in [1.82, 2.24) is 9.88 Å². The van der Waals surface area contributed by atoms with Crippen LogP contribution < -0.4 is 10.2 Å². The molecule has 1 aromatic carbocycles. The Morgan fingerprint density at radius 2 is 1.93 bits per heavy atom. The lowest BCUT2D eigenvalue weighted by Crippen LogP contribution is -2.49. The molecule has 1 aliphatic rings. The fraction of sp³-hybridized carbons (Fsp3) is 0.400. The van der Waals surface area contributed by atoms with E-state index in [2.05, 4.69) is 20.1 Å². The third-order valence-corrected chi connectivity index (χ3v) is 4.74. The van der Waals surface area contributed by atoms with Crippen molar-refractivity contribution in [3.05, 3.63) is 53.7 Å². The lowest BCUT2D eigenvalue weighted by molar-refractivity contribution is -0.137. The van der Waals surface area contributed by atoms with Gasteiger partial charge in [0, 0.05) is 50.6 Å². The van der Waals surface area contributed by atoms with Gasteiger partial charge in [0.25, 0.3) is 0 Å². The molecule has 0 saturated carbocycles. The minimum Gasteiger partial charge on any atom is -0.381 e. The highest BCUT2D eigenvalue weighted by Gasteiger charge is 2.34. The number of hydrogen-bond donors (Lipinski definition) is 1. The summed E-state index contributed by atoms with van der Waals surface area (Å²) in [5.41, 5.74) is -0.904. The predicted octanol–water partition coefficient (Wildman–Crippen LogP) is 3.59. The van der Waals surface area contributed by atoms with Gasteiger partial charge in [0.15, 0.2) is 0 Å². The molecule has 1 unspecified atom stereocenters. The maximum atomic E-state index is 13.1. The van der Waals surface area contributed by atoms with E-state index in [4.69, 9.17) is 5.26 Å². The lowest BCUT2D eigenvalue weighted by Gasteiger charge is -2.36. The number of anilines is 2. The van der Waals surface area contributed by atoms with E-state index in [1.165, 1.54) is 12.1 Å². The summed E-state index contributed by atoms with van der Waals surface area (Å²) in [7, 11) is 0. The number of hydrogen-bond acceptors (Lipinski definition) is 5. The van der Waals surface area contributed by atoms with Crippen LogP contribution in [0.3, 0.4) is 0 Å². The summed E-state index contributed by atoms with van der Waals surface area (Å²) < 4.78 is 39.3. The van der Waals surface area contributed by atoms with Gasteiger partial charge in [-0.25, -0.2) is 4.98 Å². The zero-order chi connectivity index (χ0) is 20.1. The number of pyridine rings is 1. The van der Waals surface area contributed by atoms with E-state index in [1.54, 1.807) is 12.3 Å². The van der Waals surface area contributed by atoms with Crippen LogP contribution in [0, 0.1) is 11.3 Å². The molecular weight excluding hydrogens is 367 g/mol. The fourth-order valence-corrected chi connectivity index (χ4v) is 3.38. The standard InChI is InChI=1S/C20H22F3N5/c1-15(26-17-6-5-16(13-24)18(12-17)20(21,22)23)14-27-8-10-28(11-9-27)19-4-2-3-7-25-19/h2-7,12,15,26H,8-11,14H2,1H3. The van der Waals surface area contributed by atoms with Gasteiger partial charge in [0.2, 0.25) is 0 Å². The van der Waals surface area contributed by atoms with Crippen LogP contribution in [0.25, 0.3) is 0 Å². The van der Waals surface area contributed by atoms with Gasteiger partial charge >= 0.3 is 6.18 Å². The molecule has 2 aromatic rings. The Morgan fingerprint density at radius 3 is 2.54 bits per heavy atom. The average molecular weight is 389 g/mol. The molecule has 0 radical (unpaired) electrons. The van der Waals surface area contributed by atoms with Crippen molar-refractivity contribution in [3.8, 4) is 6.07 Å². The Hall–Kier alpha value is -2.79. The summed E-state index contributed by atoms with van der Waals surface area (Å²) in [5.74, 6) is 0.964. The van der Waals surface area contributed by atoms with Gasteiger partial charge in [0.05, 0.1) is 17.2 Å². The van der Waals surface area contributed by atoms with Crippen LogP contribution in [-0.4, -0.2) is 48.6 Å². The van der Waals surface area contributed by atoms with Crippen LogP contribution in [-0.2, 0) is 6.18 Å². The number of piperazine rings is 1. The monoisotopic (exact) mass is 389 g/mol. The topological polar surface area (TPSA) is 55.2 Å². The van der Waals surface area contributed by atoms with E-state index < -0.39 is 11.7 Å². The Kier molecular flexibility index (Phi) is 6.05. The molecule has 1 fully saturated rings. The highest BCUT2D eigenvalue weighted by Crippen LogP contribution is 2.33. The van der Waals surface area contributed by atoms with Crippen molar-refractivity contribution in [3.63, 3.8) is 0 Å². The number of benzene rings is 1. The summed E-state index contributed by atoms with van der Waals surface area (Å²) >= 11 is 0. The smallest absolute Gasteiger partial charge is 0.381 e.